The van der Waals surface area contributed by atoms with Gasteiger partial charge < -0.3 is 9.84 Å². The van der Waals surface area contributed by atoms with Crippen LogP contribution < -0.4 is 0 Å². The Morgan fingerprint density at radius 3 is 3.00 bits per heavy atom. The second-order valence-electron chi connectivity index (χ2n) is 5.61. The van der Waals surface area contributed by atoms with Gasteiger partial charge in [0.1, 0.15) is 11.3 Å². The Morgan fingerprint density at radius 1 is 1.33 bits per heavy atom. The first-order valence-corrected chi connectivity index (χ1v) is 7.68. The smallest absolute Gasteiger partial charge is 0.141 e. The van der Waals surface area contributed by atoms with Crippen molar-refractivity contribution in [1.82, 2.24) is 9.88 Å². The van der Waals surface area contributed by atoms with Crippen LogP contribution >= 0.6 is 0 Å². The third kappa shape index (κ3) is 3.34. The molecule has 1 N–H and O–H groups in total. The van der Waals surface area contributed by atoms with Crippen LogP contribution in [0.25, 0.3) is 10.9 Å². The average Bonchev–Trinajstić information content (AvgIpc) is 3.00. The van der Waals surface area contributed by atoms with Gasteiger partial charge in [-0.15, -0.1) is 0 Å². The summed E-state index contributed by atoms with van der Waals surface area (Å²) in [6.07, 6.45) is 2.69. The molecule has 4 heteroatoms. The highest BCUT2D eigenvalue weighted by atomic mass is 16.5. The zero-order chi connectivity index (χ0) is 14.7. The topological polar surface area (TPSA) is 45.6 Å². The number of aromatic hydroxyl groups is 1. The normalized spacial score (nSPS) is 18.7. The molecular weight excluding hydrogens is 264 g/mol. The van der Waals surface area contributed by atoms with Crippen LogP contribution in [0.2, 0.25) is 0 Å². The van der Waals surface area contributed by atoms with Crippen LogP contribution in [-0.2, 0) is 11.3 Å². The van der Waals surface area contributed by atoms with Gasteiger partial charge in [0.15, 0.2) is 0 Å². The van der Waals surface area contributed by atoms with Gasteiger partial charge >= 0.3 is 0 Å². The molecule has 0 aliphatic carbocycles. The fourth-order valence-corrected chi connectivity index (χ4v) is 2.87. The first kappa shape index (κ1) is 14.3. The highest BCUT2D eigenvalue weighted by Gasteiger charge is 2.18. The number of hydrogen-bond acceptors (Lipinski definition) is 4. The Morgan fingerprint density at radius 2 is 2.24 bits per heavy atom. The van der Waals surface area contributed by atoms with Gasteiger partial charge in [0.05, 0.1) is 11.8 Å². The van der Waals surface area contributed by atoms with Gasteiger partial charge in [-0.1, -0.05) is 25.1 Å². The van der Waals surface area contributed by atoms with Crippen LogP contribution in [-0.4, -0.2) is 40.8 Å². The molecule has 0 spiro atoms. The Bertz CT molecular complexity index is 609. The van der Waals surface area contributed by atoms with E-state index in [0.29, 0.717) is 11.6 Å². The van der Waals surface area contributed by atoms with E-state index in [-0.39, 0.29) is 5.75 Å². The predicted molar refractivity (Wildman–Crippen MR) is 83.3 cm³/mol. The molecule has 1 atom stereocenters. The Kier molecular flexibility index (Phi) is 4.36. The highest BCUT2D eigenvalue weighted by Crippen LogP contribution is 2.23. The van der Waals surface area contributed by atoms with E-state index in [0.717, 1.165) is 43.7 Å². The molecule has 1 aromatic heterocycles. The molecule has 1 aromatic carbocycles. The predicted octanol–water partition coefficient (Wildman–Crippen LogP) is 2.94. The molecule has 1 fully saturated rings. The summed E-state index contributed by atoms with van der Waals surface area (Å²) < 4.78 is 5.71. The number of para-hydroxylation sites is 1. The van der Waals surface area contributed by atoms with Crippen molar-refractivity contribution in [2.24, 2.45) is 0 Å². The molecule has 1 aliphatic rings. The van der Waals surface area contributed by atoms with E-state index < -0.39 is 0 Å². The van der Waals surface area contributed by atoms with Crippen LogP contribution in [0.3, 0.4) is 0 Å². The molecular formula is C17H22N2O2. The lowest BCUT2D eigenvalue weighted by atomic mass is 10.1. The summed E-state index contributed by atoms with van der Waals surface area (Å²) in [5.74, 6) is 0.247. The fraction of sp³-hybridized carbons (Fsp3) is 0.471. The third-order valence-corrected chi connectivity index (χ3v) is 4.08. The zero-order valence-corrected chi connectivity index (χ0v) is 12.5. The molecule has 0 saturated carbocycles. The van der Waals surface area contributed by atoms with Crippen molar-refractivity contribution in [3.63, 3.8) is 0 Å². The zero-order valence-electron chi connectivity index (χ0n) is 12.5. The summed E-state index contributed by atoms with van der Waals surface area (Å²) in [4.78, 5) is 6.96. The lowest BCUT2D eigenvalue weighted by Gasteiger charge is -2.23. The molecule has 1 saturated heterocycles. The van der Waals surface area contributed by atoms with E-state index in [2.05, 4.69) is 16.8 Å². The minimum atomic E-state index is 0.247. The number of nitrogens with zero attached hydrogens (tertiary/aromatic N) is 2. The number of aromatic nitrogens is 1. The summed E-state index contributed by atoms with van der Waals surface area (Å²) in [6.45, 7) is 5.77. The van der Waals surface area contributed by atoms with Crippen LogP contribution in [0.1, 0.15) is 25.5 Å². The summed E-state index contributed by atoms with van der Waals surface area (Å²) in [6, 6.07) is 9.56. The minimum absolute atomic E-state index is 0.247. The number of ether oxygens (including phenoxy) is 1. The molecule has 0 radical (unpaired) electrons. The Hall–Kier alpha value is -1.65. The van der Waals surface area contributed by atoms with E-state index in [1.807, 2.05) is 24.3 Å². The number of phenols is 1. The largest absolute Gasteiger partial charge is 0.506 e. The minimum Gasteiger partial charge on any atom is -0.506 e. The summed E-state index contributed by atoms with van der Waals surface area (Å²) in [5.41, 5.74) is 1.67. The number of fused-ring (bicyclic) bond motifs is 1. The van der Waals surface area contributed by atoms with Crippen molar-refractivity contribution < 1.29 is 9.84 Å². The number of phenolic OH excluding ortho intramolecular Hbond substituents is 1. The number of hydrogen-bond donors (Lipinski definition) is 1. The third-order valence-electron chi connectivity index (χ3n) is 4.08. The average molecular weight is 286 g/mol. The Labute approximate surface area is 125 Å². The lowest BCUT2D eigenvalue weighted by molar-refractivity contribution is 0.0721. The molecule has 21 heavy (non-hydrogen) atoms. The fourth-order valence-electron chi connectivity index (χ4n) is 2.87. The van der Waals surface area contributed by atoms with Gasteiger partial charge in [0.25, 0.3) is 0 Å². The maximum absolute atomic E-state index is 9.92. The maximum Gasteiger partial charge on any atom is 0.141 e. The second kappa shape index (κ2) is 6.41. The summed E-state index contributed by atoms with van der Waals surface area (Å²) in [5, 5.41) is 10.9. The van der Waals surface area contributed by atoms with Crippen molar-refractivity contribution in [2.45, 2.75) is 32.4 Å². The van der Waals surface area contributed by atoms with Crippen molar-refractivity contribution in [1.29, 1.82) is 0 Å². The molecule has 3 rings (SSSR count). The van der Waals surface area contributed by atoms with E-state index in [9.17, 15) is 5.11 Å². The van der Waals surface area contributed by atoms with Gasteiger partial charge in [-0.25, -0.2) is 4.98 Å². The number of pyridine rings is 1. The maximum atomic E-state index is 9.92. The second-order valence-corrected chi connectivity index (χ2v) is 5.61. The van der Waals surface area contributed by atoms with E-state index >= 15 is 0 Å². The molecule has 0 unspecified atom stereocenters. The molecule has 1 aliphatic heterocycles. The molecule has 4 nitrogen and oxygen atoms in total. The number of benzene rings is 1. The Balaban J connectivity index is 1.74. The van der Waals surface area contributed by atoms with Gasteiger partial charge in [-0.2, -0.15) is 0 Å². The van der Waals surface area contributed by atoms with Crippen molar-refractivity contribution in [3.05, 3.63) is 36.0 Å². The summed E-state index contributed by atoms with van der Waals surface area (Å²) >= 11 is 0. The van der Waals surface area contributed by atoms with E-state index in [4.69, 9.17) is 4.74 Å². The first-order valence-electron chi connectivity index (χ1n) is 7.68. The van der Waals surface area contributed by atoms with Crippen LogP contribution in [0, 0.1) is 0 Å². The van der Waals surface area contributed by atoms with Crippen LogP contribution in [0.15, 0.2) is 30.3 Å². The monoisotopic (exact) mass is 286 g/mol. The van der Waals surface area contributed by atoms with Crippen LogP contribution in [0.4, 0.5) is 0 Å². The lowest BCUT2D eigenvalue weighted by Crippen LogP contribution is -2.31. The molecule has 0 amide bonds. The molecule has 2 aromatic rings. The quantitative estimate of drug-likeness (QED) is 0.918. The van der Waals surface area contributed by atoms with Gasteiger partial charge in [-0.3, -0.25) is 4.90 Å². The van der Waals surface area contributed by atoms with Crippen molar-refractivity contribution >= 4 is 10.9 Å². The van der Waals surface area contributed by atoms with E-state index in [1.165, 1.54) is 6.42 Å². The van der Waals surface area contributed by atoms with Crippen molar-refractivity contribution in [2.75, 3.05) is 19.7 Å². The van der Waals surface area contributed by atoms with E-state index in [1.54, 1.807) is 6.07 Å². The van der Waals surface area contributed by atoms with Gasteiger partial charge in [0, 0.05) is 25.1 Å². The summed E-state index contributed by atoms with van der Waals surface area (Å²) in [7, 11) is 0. The highest BCUT2D eigenvalue weighted by molar-refractivity contribution is 5.84. The standard InChI is InChI=1S/C17H22N2O2/c1-2-19(12-15-6-4-10-21-15)11-14-9-8-13-5-3-7-16(20)17(13)18-14/h3,5,7-9,15,20H,2,4,6,10-12H2,1H3/t15-/m1/s1. The van der Waals surface area contributed by atoms with Crippen LogP contribution in [0.5, 0.6) is 5.75 Å². The number of likely N-dealkylation sites (N-methyl/N-ethyl adjacent to an activating group) is 1. The molecule has 112 valence electrons. The molecule has 0 bridgehead atoms. The molecule has 2 heterocycles. The SMILES string of the molecule is CCN(Cc1ccc2cccc(O)c2n1)C[C@H]1CCCO1. The van der Waals surface area contributed by atoms with Gasteiger partial charge in [0.2, 0.25) is 0 Å². The van der Waals surface area contributed by atoms with Crippen molar-refractivity contribution in [3.8, 4) is 5.75 Å². The number of rotatable bonds is 5. The van der Waals surface area contributed by atoms with Gasteiger partial charge in [-0.05, 0) is 31.5 Å². The first-order chi connectivity index (χ1) is 10.3.